The Balaban J connectivity index is 1.65. The van der Waals surface area contributed by atoms with Gasteiger partial charge in [0, 0.05) is 30.2 Å². The Morgan fingerprint density at radius 1 is 1.10 bits per heavy atom. The number of sulfonamides is 1. The van der Waals surface area contributed by atoms with Gasteiger partial charge in [0.05, 0.1) is 12.8 Å². The van der Waals surface area contributed by atoms with Gasteiger partial charge in [0.25, 0.3) is 15.9 Å². The third-order valence-electron chi connectivity index (χ3n) is 5.01. The summed E-state index contributed by atoms with van der Waals surface area (Å²) < 4.78 is 33.8. The number of nitrogens with one attached hydrogen (secondary N) is 1. The number of methoxy groups -OCH3 is 1. The first-order chi connectivity index (χ1) is 14.4. The molecule has 154 valence electrons. The van der Waals surface area contributed by atoms with Crippen LogP contribution in [-0.2, 0) is 16.4 Å². The van der Waals surface area contributed by atoms with E-state index in [-0.39, 0.29) is 16.6 Å². The van der Waals surface area contributed by atoms with Crippen molar-refractivity contribution in [3.8, 4) is 5.75 Å². The van der Waals surface area contributed by atoms with Crippen LogP contribution in [-0.4, -0.2) is 33.0 Å². The lowest BCUT2D eigenvalue weighted by Crippen LogP contribution is -2.28. The minimum atomic E-state index is -3.87. The van der Waals surface area contributed by atoms with E-state index in [9.17, 15) is 13.2 Å². The SMILES string of the molecule is COc1ccc(C)cc1S(=O)(=O)Nc1ccc2c(c1)N(C(=O)c1ccncc1)CC2. The molecule has 4 rings (SSSR count). The number of ether oxygens (including phenoxy) is 1. The van der Waals surface area contributed by atoms with Crippen molar-refractivity contribution in [2.45, 2.75) is 18.2 Å². The van der Waals surface area contributed by atoms with Crippen molar-refractivity contribution >= 4 is 27.3 Å². The van der Waals surface area contributed by atoms with Gasteiger partial charge < -0.3 is 9.64 Å². The summed E-state index contributed by atoms with van der Waals surface area (Å²) in [6, 6.07) is 13.6. The highest BCUT2D eigenvalue weighted by atomic mass is 32.2. The predicted molar refractivity (Wildman–Crippen MR) is 115 cm³/mol. The first-order valence-electron chi connectivity index (χ1n) is 9.41. The molecule has 0 unspecified atom stereocenters. The summed E-state index contributed by atoms with van der Waals surface area (Å²) in [6.45, 7) is 2.36. The smallest absolute Gasteiger partial charge is 0.265 e. The normalized spacial score (nSPS) is 13.1. The Kier molecular flexibility index (Phi) is 5.17. The molecule has 0 saturated carbocycles. The first kappa shape index (κ1) is 19.9. The summed E-state index contributed by atoms with van der Waals surface area (Å²) in [6.07, 6.45) is 3.86. The second-order valence-corrected chi connectivity index (χ2v) is 8.70. The summed E-state index contributed by atoms with van der Waals surface area (Å²) in [5.41, 5.74) is 3.42. The van der Waals surface area contributed by atoms with Crippen LogP contribution in [0.5, 0.6) is 5.75 Å². The number of nitrogens with zero attached hydrogens (tertiary/aromatic N) is 2. The number of rotatable bonds is 5. The van der Waals surface area contributed by atoms with Gasteiger partial charge in [0.2, 0.25) is 0 Å². The number of amides is 1. The Morgan fingerprint density at radius 3 is 2.60 bits per heavy atom. The van der Waals surface area contributed by atoms with Crippen LogP contribution < -0.4 is 14.4 Å². The molecule has 1 aliphatic rings. The quantitative estimate of drug-likeness (QED) is 0.679. The predicted octanol–water partition coefficient (Wildman–Crippen LogP) is 3.40. The average molecular weight is 423 g/mol. The van der Waals surface area contributed by atoms with E-state index in [1.165, 1.54) is 7.11 Å². The Bertz CT molecular complexity index is 1210. The fourth-order valence-electron chi connectivity index (χ4n) is 3.51. The maximum atomic E-state index is 13.0. The number of hydrogen-bond acceptors (Lipinski definition) is 5. The highest BCUT2D eigenvalue weighted by Crippen LogP contribution is 2.33. The number of carbonyl (C=O) groups excluding carboxylic acids is 1. The molecule has 0 spiro atoms. The number of pyridine rings is 1. The molecule has 1 amide bonds. The summed E-state index contributed by atoms with van der Waals surface area (Å²) >= 11 is 0. The number of anilines is 2. The highest BCUT2D eigenvalue weighted by Gasteiger charge is 2.27. The van der Waals surface area contributed by atoms with E-state index in [0.717, 1.165) is 11.1 Å². The van der Waals surface area contributed by atoms with E-state index in [1.807, 2.05) is 13.0 Å². The molecule has 7 nitrogen and oxygen atoms in total. The molecule has 0 radical (unpaired) electrons. The lowest BCUT2D eigenvalue weighted by Gasteiger charge is -2.18. The van der Waals surface area contributed by atoms with Crippen LogP contribution in [0.15, 0.2) is 65.8 Å². The zero-order valence-corrected chi connectivity index (χ0v) is 17.4. The molecular formula is C22H21N3O4S. The number of fused-ring (bicyclic) bond motifs is 1. The second kappa shape index (κ2) is 7.79. The molecule has 0 saturated heterocycles. The monoisotopic (exact) mass is 423 g/mol. The number of aryl methyl sites for hydroxylation is 1. The van der Waals surface area contributed by atoms with Crippen molar-refractivity contribution in [1.29, 1.82) is 0 Å². The minimum absolute atomic E-state index is 0.0650. The molecule has 1 N–H and O–H groups in total. The fraction of sp³-hybridized carbons (Fsp3) is 0.182. The maximum absolute atomic E-state index is 13.0. The van der Waals surface area contributed by atoms with Crippen LogP contribution in [0.4, 0.5) is 11.4 Å². The van der Waals surface area contributed by atoms with E-state index < -0.39 is 10.0 Å². The van der Waals surface area contributed by atoms with Crippen molar-refractivity contribution < 1.29 is 17.9 Å². The van der Waals surface area contributed by atoms with E-state index in [0.29, 0.717) is 29.9 Å². The maximum Gasteiger partial charge on any atom is 0.265 e. The van der Waals surface area contributed by atoms with Gasteiger partial charge in [0.1, 0.15) is 10.6 Å². The van der Waals surface area contributed by atoms with Crippen molar-refractivity contribution in [3.05, 3.63) is 77.6 Å². The van der Waals surface area contributed by atoms with Gasteiger partial charge in [-0.15, -0.1) is 0 Å². The van der Waals surface area contributed by atoms with Crippen LogP contribution in [0.2, 0.25) is 0 Å². The zero-order chi connectivity index (χ0) is 21.3. The zero-order valence-electron chi connectivity index (χ0n) is 16.6. The molecular weight excluding hydrogens is 402 g/mol. The van der Waals surface area contributed by atoms with Crippen molar-refractivity contribution in [2.24, 2.45) is 0 Å². The van der Waals surface area contributed by atoms with Crippen molar-refractivity contribution in [1.82, 2.24) is 4.98 Å². The summed E-state index contributed by atoms with van der Waals surface area (Å²) in [7, 11) is -2.44. The van der Waals surface area contributed by atoms with Gasteiger partial charge in [-0.2, -0.15) is 0 Å². The molecule has 1 aromatic heterocycles. The summed E-state index contributed by atoms with van der Waals surface area (Å²) in [5.74, 6) is 0.125. The fourth-order valence-corrected chi connectivity index (χ4v) is 4.81. The number of benzene rings is 2. The Labute approximate surface area is 175 Å². The van der Waals surface area contributed by atoms with Gasteiger partial charge in [-0.25, -0.2) is 8.42 Å². The first-order valence-corrected chi connectivity index (χ1v) is 10.9. The Hall–Kier alpha value is -3.39. The van der Waals surface area contributed by atoms with Gasteiger partial charge in [-0.3, -0.25) is 14.5 Å². The molecule has 0 bridgehead atoms. The van der Waals surface area contributed by atoms with Crippen molar-refractivity contribution in [2.75, 3.05) is 23.3 Å². The van der Waals surface area contributed by atoms with E-state index >= 15 is 0 Å². The largest absolute Gasteiger partial charge is 0.495 e. The molecule has 2 aromatic carbocycles. The van der Waals surface area contributed by atoms with E-state index in [2.05, 4.69) is 9.71 Å². The van der Waals surface area contributed by atoms with Gasteiger partial charge >= 0.3 is 0 Å². The molecule has 0 aliphatic carbocycles. The van der Waals surface area contributed by atoms with Gasteiger partial charge in [0.15, 0.2) is 0 Å². The van der Waals surface area contributed by atoms with E-state index in [4.69, 9.17) is 4.74 Å². The lowest BCUT2D eigenvalue weighted by molar-refractivity contribution is 0.0989. The van der Waals surface area contributed by atoms with Gasteiger partial charge in [-0.1, -0.05) is 12.1 Å². The molecule has 3 aromatic rings. The van der Waals surface area contributed by atoms with E-state index in [1.54, 1.807) is 59.8 Å². The molecule has 30 heavy (non-hydrogen) atoms. The lowest BCUT2D eigenvalue weighted by atomic mass is 10.1. The molecule has 1 aliphatic heterocycles. The second-order valence-electron chi connectivity index (χ2n) is 7.05. The third-order valence-corrected chi connectivity index (χ3v) is 6.42. The molecule has 8 heteroatoms. The van der Waals surface area contributed by atoms with Crippen LogP contribution in [0, 0.1) is 6.92 Å². The van der Waals surface area contributed by atoms with Crippen LogP contribution in [0.1, 0.15) is 21.5 Å². The number of aromatic nitrogens is 1. The topological polar surface area (TPSA) is 88.6 Å². The standard InChI is InChI=1S/C22H21N3O4S/c1-15-3-6-20(29-2)21(13-15)30(27,28)24-18-5-4-16-9-12-25(19(16)14-18)22(26)17-7-10-23-11-8-17/h3-8,10-11,13-14,24H,9,12H2,1-2H3. The summed E-state index contributed by atoms with van der Waals surface area (Å²) in [4.78, 5) is 18.6. The van der Waals surface area contributed by atoms with Crippen molar-refractivity contribution in [3.63, 3.8) is 0 Å². The van der Waals surface area contributed by atoms with Crippen LogP contribution in [0.3, 0.4) is 0 Å². The number of carbonyl (C=O) groups is 1. The summed E-state index contributed by atoms with van der Waals surface area (Å²) in [5, 5.41) is 0. The number of hydrogen-bond donors (Lipinski definition) is 1. The minimum Gasteiger partial charge on any atom is -0.495 e. The Morgan fingerprint density at radius 2 is 1.87 bits per heavy atom. The average Bonchev–Trinajstić information content (AvgIpc) is 3.16. The van der Waals surface area contributed by atoms with Crippen LogP contribution in [0.25, 0.3) is 0 Å². The molecule has 2 heterocycles. The van der Waals surface area contributed by atoms with Crippen LogP contribution >= 0.6 is 0 Å². The highest BCUT2D eigenvalue weighted by molar-refractivity contribution is 7.92. The molecule has 0 atom stereocenters. The third kappa shape index (κ3) is 3.73. The molecule has 0 fully saturated rings. The van der Waals surface area contributed by atoms with Gasteiger partial charge in [-0.05, 0) is 60.9 Å².